The number of halogens is 1. The molecule has 2 heterocycles. The fourth-order valence-corrected chi connectivity index (χ4v) is 2.33. The summed E-state index contributed by atoms with van der Waals surface area (Å²) in [6.07, 6.45) is 3.78. The molecule has 16 heavy (non-hydrogen) atoms. The Bertz CT molecular complexity index is 401. The summed E-state index contributed by atoms with van der Waals surface area (Å²) in [5.41, 5.74) is 7.28. The van der Waals surface area contributed by atoms with Gasteiger partial charge < -0.3 is 10.6 Å². The standard InChI is InChI=1S/C11H14ClN3O/c1-7-4-14-5-9(12)11(7)15-6-8(3-13)2-10(15)16/h4-5,8H,2-3,6,13H2,1H3. The Hall–Kier alpha value is -1.13. The molecule has 5 heteroatoms. The zero-order valence-corrected chi connectivity index (χ0v) is 9.87. The van der Waals surface area contributed by atoms with Gasteiger partial charge in [-0.1, -0.05) is 11.6 Å². The first-order valence-corrected chi connectivity index (χ1v) is 5.61. The van der Waals surface area contributed by atoms with Crippen molar-refractivity contribution < 1.29 is 4.79 Å². The van der Waals surface area contributed by atoms with Crippen LogP contribution in [0, 0.1) is 12.8 Å². The second-order valence-electron chi connectivity index (χ2n) is 4.10. The van der Waals surface area contributed by atoms with Crippen LogP contribution in [0.5, 0.6) is 0 Å². The zero-order chi connectivity index (χ0) is 11.7. The molecular weight excluding hydrogens is 226 g/mol. The number of carbonyl (C=O) groups excluding carboxylic acids is 1. The van der Waals surface area contributed by atoms with Crippen LogP contribution in [0.3, 0.4) is 0 Å². The number of amides is 1. The van der Waals surface area contributed by atoms with Crippen LogP contribution in [0.15, 0.2) is 12.4 Å². The molecule has 2 N–H and O–H groups in total. The summed E-state index contributed by atoms with van der Waals surface area (Å²) in [5, 5.41) is 0.519. The highest BCUT2D eigenvalue weighted by atomic mass is 35.5. The maximum absolute atomic E-state index is 11.8. The summed E-state index contributed by atoms with van der Waals surface area (Å²) in [6.45, 7) is 3.08. The number of anilines is 1. The molecule has 0 aromatic carbocycles. The predicted octanol–water partition coefficient (Wildman–Crippen LogP) is 1.36. The molecule has 2 rings (SSSR count). The molecular formula is C11H14ClN3O. The molecule has 0 bridgehead atoms. The van der Waals surface area contributed by atoms with Crippen LogP contribution in [0.4, 0.5) is 5.69 Å². The van der Waals surface area contributed by atoms with Crippen LogP contribution in [-0.2, 0) is 4.79 Å². The maximum atomic E-state index is 11.8. The third-order valence-electron chi connectivity index (χ3n) is 2.86. The van der Waals surface area contributed by atoms with E-state index in [1.165, 1.54) is 0 Å². The number of hydrogen-bond donors (Lipinski definition) is 1. The average Bonchev–Trinajstić information content (AvgIpc) is 2.60. The number of pyridine rings is 1. The van der Waals surface area contributed by atoms with E-state index >= 15 is 0 Å². The first-order chi connectivity index (χ1) is 7.63. The third-order valence-corrected chi connectivity index (χ3v) is 3.14. The van der Waals surface area contributed by atoms with Crippen molar-refractivity contribution in [2.24, 2.45) is 11.7 Å². The molecule has 1 unspecified atom stereocenters. The SMILES string of the molecule is Cc1cncc(Cl)c1N1CC(CN)CC1=O. The highest BCUT2D eigenvalue weighted by molar-refractivity contribution is 6.34. The lowest BCUT2D eigenvalue weighted by Gasteiger charge is -2.19. The van der Waals surface area contributed by atoms with E-state index in [0.29, 0.717) is 24.5 Å². The van der Waals surface area contributed by atoms with Gasteiger partial charge in [-0.2, -0.15) is 0 Å². The molecule has 1 aromatic heterocycles. The fourth-order valence-electron chi connectivity index (χ4n) is 2.02. The Labute approximate surface area is 99.4 Å². The Morgan fingerprint density at radius 2 is 2.38 bits per heavy atom. The van der Waals surface area contributed by atoms with E-state index in [-0.39, 0.29) is 11.8 Å². The average molecular weight is 240 g/mol. The highest BCUT2D eigenvalue weighted by Crippen LogP contribution is 2.32. The van der Waals surface area contributed by atoms with Gasteiger partial charge in [0.25, 0.3) is 0 Å². The molecule has 1 saturated heterocycles. The van der Waals surface area contributed by atoms with Gasteiger partial charge in [0, 0.05) is 25.4 Å². The first kappa shape index (κ1) is 11.4. The molecule has 0 saturated carbocycles. The van der Waals surface area contributed by atoms with E-state index in [4.69, 9.17) is 17.3 Å². The van der Waals surface area contributed by atoms with Crippen molar-refractivity contribution in [3.05, 3.63) is 23.0 Å². The summed E-state index contributed by atoms with van der Waals surface area (Å²) in [7, 11) is 0. The summed E-state index contributed by atoms with van der Waals surface area (Å²) in [5.74, 6) is 0.322. The van der Waals surface area contributed by atoms with Crippen molar-refractivity contribution in [3.8, 4) is 0 Å². The fraction of sp³-hybridized carbons (Fsp3) is 0.455. The highest BCUT2D eigenvalue weighted by Gasteiger charge is 2.31. The minimum absolute atomic E-state index is 0.0895. The molecule has 1 aromatic rings. The molecule has 4 nitrogen and oxygen atoms in total. The van der Waals surface area contributed by atoms with Gasteiger partial charge >= 0.3 is 0 Å². The summed E-state index contributed by atoms with van der Waals surface area (Å²) >= 11 is 6.08. The Morgan fingerprint density at radius 3 is 2.94 bits per heavy atom. The topological polar surface area (TPSA) is 59.2 Å². The van der Waals surface area contributed by atoms with Crippen LogP contribution < -0.4 is 10.6 Å². The normalized spacial score (nSPS) is 20.6. The minimum atomic E-state index is 0.0895. The van der Waals surface area contributed by atoms with Gasteiger partial charge in [-0.3, -0.25) is 9.78 Å². The molecule has 1 fully saturated rings. The van der Waals surface area contributed by atoms with E-state index in [0.717, 1.165) is 11.3 Å². The van der Waals surface area contributed by atoms with Crippen molar-refractivity contribution in [2.75, 3.05) is 18.0 Å². The largest absolute Gasteiger partial charge is 0.330 e. The minimum Gasteiger partial charge on any atom is -0.330 e. The van der Waals surface area contributed by atoms with Gasteiger partial charge in [-0.05, 0) is 24.9 Å². The lowest BCUT2D eigenvalue weighted by Crippen LogP contribution is -2.26. The maximum Gasteiger partial charge on any atom is 0.227 e. The summed E-state index contributed by atoms with van der Waals surface area (Å²) in [4.78, 5) is 17.5. The third kappa shape index (κ3) is 1.90. The van der Waals surface area contributed by atoms with Gasteiger partial charge in [0.15, 0.2) is 0 Å². The van der Waals surface area contributed by atoms with Crippen molar-refractivity contribution in [2.45, 2.75) is 13.3 Å². The van der Waals surface area contributed by atoms with Gasteiger partial charge in [0.1, 0.15) is 0 Å². The molecule has 86 valence electrons. The lowest BCUT2D eigenvalue weighted by atomic mass is 10.1. The second kappa shape index (κ2) is 4.39. The number of nitrogens with two attached hydrogens (primary N) is 1. The second-order valence-corrected chi connectivity index (χ2v) is 4.50. The smallest absolute Gasteiger partial charge is 0.227 e. The Kier molecular flexibility index (Phi) is 3.12. The predicted molar refractivity (Wildman–Crippen MR) is 63.5 cm³/mol. The van der Waals surface area contributed by atoms with Gasteiger partial charge in [0.2, 0.25) is 5.91 Å². The van der Waals surface area contributed by atoms with E-state index < -0.39 is 0 Å². The van der Waals surface area contributed by atoms with Crippen molar-refractivity contribution in [1.82, 2.24) is 4.98 Å². The van der Waals surface area contributed by atoms with Crippen molar-refractivity contribution >= 4 is 23.2 Å². The molecule has 1 amide bonds. The summed E-state index contributed by atoms with van der Waals surface area (Å²) < 4.78 is 0. The number of carbonyl (C=O) groups is 1. The summed E-state index contributed by atoms with van der Waals surface area (Å²) in [6, 6.07) is 0. The first-order valence-electron chi connectivity index (χ1n) is 5.24. The number of hydrogen-bond acceptors (Lipinski definition) is 3. The zero-order valence-electron chi connectivity index (χ0n) is 9.11. The van der Waals surface area contributed by atoms with Gasteiger partial charge in [0.05, 0.1) is 10.7 Å². The molecule has 0 spiro atoms. The van der Waals surface area contributed by atoms with Crippen LogP contribution in [0.1, 0.15) is 12.0 Å². The van der Waals surface area contributed by atoms with Crippen LogP contribution in [0.2, 0.25) is 5.02 Å². The van der Waals surface area contributed by atoms with E-state index in [1.807, 2.05) is 6.92 Å². The molecule has 1 aliphatic heterocycles. The van der Waals surface area contributed by atoms with Crippen LogP contribution in [-0.4, -0.2) is 24.0 Å². The van der Waals surface area contributed by atoms with E-state index in [1.54, 1.807) is 17.3 Å². The number of aromatic nitrogens is 1. The Balaban J connectivity index is 2.35. The van der Waals surface area contributed by atoms with Crippen LogP contribution >= 0.6 is 11.6 Å². The monoisotopic (exact) mass is 239 g/mol. The molecule has 1 atom stereocenters. The number of aryl methyl sites for hydroxylation is 1. The van der Waals surface area contributed by atoms with Crippen molar-refractivity contribution in [1.29, 1.82) is 0 Å². The molecule has 1 aliphatic rings. The number of rotatable bonds is 2. The van der Waals surface area contributed by atoms with E-state index in [9.17, 15) is 4.79 Å². The van der Waals surface area contributed by atoms with E-state index in [2.05, 4.69) is 4.98 Å². The number of nitrogens with zero attached hydrogens (tertiary/aromatic N) is 2. The Morgan fingerprint density at radius 1 is 1.62 bits per heavy atom. The quantitative estimate of drug-likeness (QED) is 0.848. The van der Waals surface area contributed by atoms with Gasteiger partial charge in [-0.25, -0.2) is 0 Å². The molecule has 0 radical (unpaired) electrons. The van der Waals surface area contributed by atoms with Crippen molar-refractivity contribution in [3.63, 3.8) is 0 Å². The lowest BCUT2D eigenvalue weighted by molar-refractivity contribution is -0.117. The van der Waals surface area contributed by atoms with Gasteiger partial charge in [-0.15, -0.1) is 0 Å². The van der Waals surface area contributed by atoms with Crippen LogP contribution in [0.25, 0.3) is 0 Å². The molecule has 0 aliphatic carbocycles.